The molecule has 1 heterocycles. The Morgan fingerprint density at radius 3 is 2.94 bits per heavy atom. The summed E-state index contributed by atoms with van der Waals surface area (Å²) in [6.07, 6.45) is 6.72. The fourth-order valence-corrected chi connectivity index (χ4v) is 2.35. The van der Waals surface area contributed by atoms with E-state index >= 15 is 0 Å². The molecule has 1 aliphatic rings. The van der Waals surface area contributed by atoms with E-state index < -0.39 is 0 Å². The number of nitrogens with one attached hydrogen (secondary N) is 1. The molecule has 1 unspecified atom stereocenters. The van der Waals surface area contributed by atoms with Crippen molar-refractivity contribution in [2.24, 2.45) is 0 Å². The molecule has 0 aromatic rings. The molecule has 1 atom stereocenters. The standard InChI is InChI=1S/C14H28N2/c1-4-9-15-11-13(2)12-16-10-7-5-6-8-14(16)3/h14-15H,2,4-12H2,1,3H3. The van der Waals surface area contributed by atoms with Crippen molar-refractivity contribution < 1.29 is 0 Å². The minimum absolute atomic E-state index is 0.741. The maximum Gasteiger partial charge on any atom is 0.0205 e. The van der Waals surface area contributed by atoms with E-state index in [9.17, 15) is 0 Å². The molecule has 1 aliphatic heterocycles. The van der Waals surface area contributed by atoms with Crippen molar-refractivity contribution in [1.82, 2.24) is 10.2 Å². The van der Waals surface area contributed by atoms with Crippen LogP contribution in [0.15, 0.2) is 12.2 Å². The predicted molar refractivity (Wildman–Crippen MR) is 71.8 cm³/mol. The second-order valence-corrected chi connectivity index (χ2v) is 5.10. The Morgan fingerprint density at radius 1 is 1.38 bits per heavy atom. The van der Waals surface area contributed by atoms with Crippen LogP contribution in [-0.2, 0) is 0 Å². The van der Waals surface area contributed by atoms with Gasteiger partial charge in [-0.3, -0.25) is 4.90 Å². The average molecular weight is 224 g/mol. The second-order valence-electron chi connectivity index (χ2n) is 5.10. The molecule has 1 saturated heterocycles. The zero-order valence-electron chi connectivity index (χ0n) is 11.1. The van der Waals surface area contributed by atoms with Gasteiger partial charge < -0.3 is 5.32 Å². The third kappa shape index (κ3) is 5.13. The highest BCUT2D eigenvalue weighted by atomic mass is 15.1. The van der Waals surface area contributed by atoms with Crippen molar-refractivity contribution in [3.63, 3.8) is 0 Å². The van der Waals surface area contributed by atoms with Crippen molar-refractivity contribution in [2.45, 2.75) is 52.0 Å². The smallest absolute Gasteiger partial charge is 0.0205 e. The van der Waals surface area contributed by atoms with Crippen LogP contribution in [0.2, 0.25) is 0 Å². The van der Waals surface area contributed by atoms with Gasteiger partial charge in [-0.25, -0.2) is 0 Å². The predicted octanol–water partition coefficient (Wildman–Crippen LogP) is 2.81. The van der Waals surface area contributed by atoms with Gasteiger partial charge in [-0.2, -0.15) is 0 Å². The Bertz CT molecular complexity index is 201. The first-order valence-electron chi connectivity index (χ1n) is 6.85. The van der Waals surface area contributed by atoms with Crippen LogP contribution in [0, 0.1) is 0 Å². The molecule has 0 radical (unpaired) electrons. The summed E-state index contributed by atoms with van der Waals surface area (Å²) in [6.45, 7) is 13.2. The SMILES string of the molecule is C=C(CNCCC)CN1CCCCCC1C. The van der Waals surface area contributed by atoms with E-state index in [0.717, 1.165) is 25.7 Å². The molecule has 1 fully saturated rings. The monoisotopic (exact) mass is 224 g/mol. The van der Waals surface area contributed by atoms with E-state index in [1.165, 1.54) is 44.2 Å². The number of nitrogens with zero attached hydrogens (tertiary/aromatic N) is 1. The van der Waals surface area contributed by atoms with Crippen LogP contribution >= 0.6 is 0 Å². The maximum absolute atomic E-state index is 4.18. The fourth-order valence-electron chi connectivity index (χ4n) is 2.35. The van der Waals surface area contributed by atoms with Crippen LogP contribution in [-0.4, -0.2) is 37.1 Å². The van der Waals surface area contributed by atoms with E-state index in [1.807, 2.05) is 0 Å². The lowest BCUT2D eigenvalue weighted by Crippen LogP contribution is -2.35. The van der Waals surface area contributed by atoms with Gasteiger partial charge in [0.25, 0.3) is 0 Å². The summed E-state index contributed by atoms with van der Waals surface area (Å²) in [6, 6.07) is 0.741. The second kappa shape index (κ2) is 7.86. The normalized spacial score (nSPS) is 23.0. The highest BCUT2D eigenvalue weighted by Crippen LogP contribution is 2.16. The average Bonchev–Trinajstić information content (AvgIpc) is 2.45. The number of hydrogen-bond donors (Lipinski definition) is 1. The van der Waals surface area contributed by atoms with E-state index in [-0.39, 0.29) is 0 Å². The quantitative estimate of drug-likeness (QED) is 0.551. The van der Waals surface area contributed by atoms with Gasteiger partial charge in [0, 0.05) is 19.1 Å². The Labute approximate surface area is 101 Å². The largest absolute Gasteiger partial charge is 0.313 e. The molecule has 0 aliphatic carbocycles. The molecule has 2 heteroatoms. The van der Waals surface area contributed by atoms with Crippen LogP contribution in [0.3, 0.4) is 0 Å². The number of likely N-dealkylation sites (tertiary alicyclic amines) is 1. The van der Waals surface area contributed by atoms with Gasteiger partial charge in [-0.1, -0.05) is 26.3 Å². The Morgan fingerprint density at radius 2 is 2.19 bits per heavy atom. The van der Waals surface area contributed by atoms with Gasteiger partial charge >= 0.3 is 0 Å². The summed E-state index contributed by atoms with van der Waals surface area (Å²) < 4.78 is 0. The lowest BCUT2D eigenvalue weighted by atomic mass is 10.1. The molecule has 0 spiro atoms. The number of rotatable bonds is 6. The van der Waals surface area contributed by atoms with E-state index in [0.29, 0.717) is 0 Å². The van der Waals surface area contributed by atoms with Gasteiger partial charge in [0.2, 0.25) is 0 Å². The summed E-state index contributed by atoms with van der Waals surface area (Å²) >= 11 is 0. The molecular weight excluding hydrogens is 196 g/mol. The first kappa shape index (κ1) is 13.7. The molecule has 0 aromatic carbocycles. The summed E-state index contributed by atoms with van der Waals surface area (Å²) in [7, 11) is 0. The van der Waals surface area contributed by atoms with Gasteiger partial charge in [0.15, 0.2) is 0 Å². The Hall–Kier alpha value is -0.340. The van der Waals surface area contributed by atoms with Crippen molar-refractivity contribution in [3.8, 4) is 0 Å². The molecule has 1 N–H and O–H groups in total. The molecular formula is C14H28N2. The van der Waals surface area contributed by atoms with Gasteiger partial charge in [0.05, 0.1) is 0 Å². The van der Waals surface area contributed by atoms with Crippen LogP contribution in [0.5, 0.6) is 0 Å². The molecule has 0 aromatic heterocycles. The summed E-state index contributed by atoms with van der Waals surface area (Å²) in [4.78, 5) is 2.60. The molecule has 0 bridgehead atoms. The first-order chi connectivity index (χ1) is 7.74. The molecule has 2 nitrogen and oxygen atoms in total. The number of hydrogen-bond acceptors (Lipinski definition) is 2. The lowest BCUT2D eigenvalue weighted by molar-refractivity contribution is 0.230. The van der Waals surface area contributed by atoms with Crippen molar-refractivity contribution >= 4 is 0 Å². The highest BCUT2D eigenvalue weighted by Gasteiger charge is 2.16. The van der Waals surface area contributed by atoms with Gasteiger partial charge in [-0.05, 0) is 44.8 Å². The summed E-state index contributed by atoms with van der Waals surface area (Å²) in [5.74, 6) is 0. The lowest BCUT2D eigenvalue weighted by Gasteiger charge is -2.27. The molecule has 16 heavy (non-hydrogen) atoms. The summed E-state index contributed by atoms with van der Waals surface area (Å²) in [5, 5.41) is 3.43. The van der Waals surface area contributed by atoms with E-state index in [1.54, 1.807) is 0 Å². The van der Waals surface area contributed by atoms with Crippen LogP contribution in [0.1, 0.15) is 46.0 Å². The van der Waals surface area contributed by atoms with E-state index in [2.05, 4.69) is 30.6 Å². The zero-order valence-corrected chi connectivity index (χ0v) is 11.1. The first-order valence-corrected chi connectivity index (χ1v) is 6.85. The minimum Gasteiger partial charge on any atom is -0.313 e. The van der Waals surface area contributed by atoms with Crippen LogP contribution in [0.4, 0.5) is 0 Å². The fraction of sp³-hybridized carbons (Fsp3) is 0.857. The van der Waals surface area contributed by atoms with Gasteiger partial charge in [-0.15, -0.1) is 0 Å². The molecule has 1 rings (SSSR count). The maximum atomic E-state index is 4.18. The van der Waals surface area contributed by atoms with Crippen LogP contribution in [0.25, 0.3) is 0 Å². The Kier molecular flexibility index (Phi) is 6.74. The van der Waals surface area contributed by atoms with Crippen molar-refractivity contribution in [1.29, 1.82) is 0 Å². The van der Waals surface area contributed by atoms with Crippen molar-refractivity contribution in [2.75, 3.05) is 26.2 Å². The summed E-state index contributed by atoms with van der Waals surface area (Å²) in [5.41, 5.74) is 1.34. The topological polar surface area (TPSA) is 15.3 Å². The third-order valence-electron chi connectivity index (χ3n) is 3.42. The third-order valence-corrected chi connectivity index (χ3v) is 3.42. The van der Waals surface area contributed by atoms with E-state index in [4.69, 9.17) is 0 Å². The van der Waals surface area contributed by atoms with Crippen LogP contribution < -0.4 is 5.32 Å². The highest BCUT2D eigenvalue weighted by molar-refractivity contribution is 5.00. The van der Waals surface area contributed by atoms with Gasteiger partial charge in [0.1, 0.15) is 0 Å². The molecule has 0 amide bonds. The zero-order chi connectivity index (χ0) is 11.8. The van der Waals surface area contributed by atoms with Crippen molar-refractivity contribution in [3.05, 3.63) is 12.2 Å². The Balaban J connectivity index is 2.25. The molecule has 94 valence electrons. The minimum atomic E-state index is 0.741. The molecule has 0 saturated carbocycles.